The average Bonchev–Trinajstić information content (AvgIpc) is 2.35. The molecular weight excluding hydrogens is 246 g/mol. The monoisotopic (exact) mass is 261 g/mol. The number of hydrogen-bond donors (Lipinski definition) is 1. The Kier molecular flexibility index (Phi) is 3.33. The highest BCUT2D eigenvalue weighted by Gasteiger charge is 2.43. The van der Waals surface area contributed by atoms with E-state index >= 15 is 0 Å². The van der Waals surface area contributed by atoms with Crippen LogP contribution in [0.4, 0.5) is 0 Å². The minimum Gasteiger partial charge on any atom is -0.319 e. The Hall–Kier alpha value is -2.24. The minimum absolute atomic E-state index is 0.0994. The molecule has 6 nitrogen and oxygen atoms in total. The normalized spacial score (nSPS) is 18.1. The highest BCUT2D eigenvalue weighted by Crippen LogP contribution is 2.19. The van der Waals surface area contributed by atoms with E-state index in [1.165, 1.54) is 4.90 Å². The van der Waals surface area contributed by atoms with E-state index in [0.717, 1.165) is 5.56 Å². The van der Waals surface area contributed by atoms with Crippen LogP contribution in [0.1, 0.15) is 19.4 Å². The molecule has 1 fully saturated rings. The molecule has 1 aliphatic heterocycles. The Labute approximate surface area is 110 Å². The van der Waals surface area contributed by atoms with Gasteiger partial charge in [0.15, 0.2) is 0 Å². The van der Waals surface area contributed by atoms with Gasteiger partial charge in [0.05, 0.1) is 6.42 Å². The molecule has 6 heteroatoms. The van der Waals surface area contributed by atoms with Gasteiger partial charge in [0.25, 0.3) is 5.91 Å². The van der Waals surface area contributed by atoms with E-state index in [2.05, 4.69) is 10.3 Å². The molecule has 0 saturated carbocycles. The molecule has 0 bridgehead atoms. The Morgan fingerprint density at radius 2 is 2.21 bits per heavy atom. The van der Waals surface area contributed by atoms with Crippen molar-refractivity contribution >= 4 is 17.7 Å². The molecule has 0 unspecified atom stereocenters. The number of aromatic nitrogens is 1. The van der Waals surface area contributed by atoms with Crippen molar-refractivity contribution in [2.75, 3.05) is 6.54 Å². The van der Waals surface area contributed by atoms with Crippen LogP contribution in [0.15, 0.2) is 24.5 Å². The number of pyridine rings is 1. The molecule has 1 aromatic heterocycles. The standard InChI is InChI=1S/C13H15N3O3/c1-13(2)12(19)15-10(17)8-16(13)11(18)6-9-4-3-5-14-7-9/h3-5,7H,6,8H2,1-2H3,(H,15,17,19). The molecule has 1 N–H and O–H groups in total. The summed E-state index contributed by atoms with van der Waals surface area (Å²) in [5.74, 6) is -1.17. The van der Waals surface area contributed by atoms with Crippen molar-refractivity contribution in [3.05, 3.63) is 30.1 Å². The Morgan fingerprint density at radius 1 is 1.47 bits per heavy atom. The van der Waals surface area contributed by atoms with Gasteiger partial charge in [-0.15, -0.1) is 0 Å². The first-order chi connectivity index (χ1) is 8.91. The number of imide groups is 1. The van der Waals surface area contributed by atoms with E-state index < -0.39 is 17.4 Å². The zero-order valence-corrected chi connectivity index (χ0v) is 10.8. The Morgan fingerprint density at radius 3 is 2.84 bits per heavy atom. The lowest BCUT2D eigenvalue weighted by atomic mass is 9.97. The maximum atomic E-state index is 12.2. The van der Waals surface area contributed by atoms with Crippen molar-refractivity contribution in [3.8, 4) is 0 Å². The summed E-state index contributed by atoms with van der Waals surface area (Å²) in [7, 11) is 0. The summed E-state index contributed by atoms with van der Waals surface area (Å²) in [6.45, 7) is 3.14. The van der Waals surface area contributed by atoms with E-state index in [-0.39, 0.29) is 18.9 Å². The lowest BCUT2D eigenvalue weighted by molar-refractivity contribution is -0.155. The van der Waals surface area contributed by atoms with Gasteiger partial charge in [0.2, 0.25) is 11.8 Å². The summed E-state index contributed by atoms with van der Waals surface area (Å²) < 4.78 is 0. The zero-order valence-electron chi connectivity index (χ0n) is 10.8. The van der Waals surface area contributed by atoms with E-state index in [4.69, 9.17) is 0 Å². The van der Waals surface area contributed by atoms with Crippen molar-refractivity contribution in [2.45, 2.75) is 25.8 Å². The van der Waals surface area contributed by atoms with E-state index in [9.17, 15) is 14.4 Å². The molecular formula is C13H15N3O3. The van der Waals surface area contributed by atoms with Gasteiger partial charge < -0.3 is 4.90 Å². The number of piperazine rings is 1. The summed E-state index contributed by atoms with van der Waals surface area (Å²) in [5.41, 5.74) is -0.269. The number of nitrogens with one attached hydrogen (secondary N) is 1. The molecule has 0 aromatic carbocycles. The van der Waals surface area contributed by atoms with Gasteiger partial charge >= 0.3 is 0 Å². The molecule has 0 atom stereocenters. The lowest BCUT2D eigenvalue weighted by Gasteiger charge is -2.40. The van der Waals surface area contributed by atoms with Crippen LogP contribution < -0.4 is 5.32 Å². The van der Waals surface area contributed by atoms with Gasteiger partial charge in [-0.3, -0.25) is 24.7 Å². The van der Waals surface area contributed by atoms with Gasteiger partial charge in [0, 0.05) is 12.4 Å². The summed E-state index contributed by atoms with van der Waals surface area (Å²) >= 11 is 0. The predicted octanol–water partition coefficient (Wildman–Crippen LogP) is -0.112. The summed E-state index contributed by atoms with van der Waals surface area (Å²) in [6, 6.07) is 3.52. The Balaban J connectivity index is 2.17. The molecule has 19 heavy (non-hydrogen) atoms. The zero-order chi connectivity index (χ0) is 14.0. The SMILES string of the molecule is CC1(C)C(=O)NC(=O)CN1C(=O)Cc1cccnc1. The van der Waals surface area contributed by atoms with Crippen LogP contribution >= 0.6 is 0 Å². The quantitative estimate of drug-likeness (QED) is 0.753. The second-order valence-corrected chi connectivity index (χ2v) is 4.95. The highest BCUT2D eigenvalue weighted by molar-refractivity contribution is 6.06. The van der Waals surface area contributed by atoms with Crippen molar-refractivity contribution in [1.82, 2.24) is 15.2 Å². The molecule has 3 amide bonds. The predicted molar refractivity (Wildman–Crippen MR) is 66.9 cm³/mol. The number of hydrogen-bond acceptors (Lipinski definition) is 4. The fraction of sp³-hybridized carbons (Fsp3) is 0.385. The molecule has 1 aliphatic rings. The summed E-state index contributed by atoms with van der Waals surface area (Å²) in [4.78, 5) is 40.6. The topological polar surface area (TPSA) is 79.4 Å². The summed E-state index contributed by atoms with van der Waals surface area (Å²) in [5, 5.41) is 2.23. The molecule has 2 heterocycles. The van der Waals surface area contributed by atoms with Crippen LogP contribution in [0.3, 0.4) is 0 Å². The van der Waals surface area contributed by atoms with Crippen molar-refractivity contribution < 1.29 is 14.4 Å². The van der Waals surface area contributed by atoms with Gasteiger partial charge in [-0.2, -0.15) is 0 Å². The molecule has 1 aromatic rings. The highest BCUT2D eigenvalue weighted by atomic mass is 16.2. The first-order valence-corrected chi connectivity index (χ1v) is 5.95. The average molecular weight is 261 g/mol. The third-order valence-corrected chi connectivity index (χ3v) is 3.16. The number of carbonyl (C=O) groups is 3. The van der Waals surface area contributed by atoms with E-state index in [1.54, 1.807) is 38.4 Å². The molecule has 2 rings (SSSR count). The fourth-order valence-corrected chi connectivity index (χ4v) is 1.96. The minimum atomic E-state index is -1.02. The fourth-order valence-electron chi connectivity index (χ4n) is 1.96. The number of rotatable bonds is 2. The third kappa shape index (κ3) is 2.62. The molecule has 1 saturated heterocycles. The molecule has 0 spiro atoms. The van der Waals surface area contributed by atoms with Crippen LogP contribution in [0.5, 0.6) is 0 Å². The number of amides is 3. The van der Waals surface area contributed by atoms with Crippen LogP contribution in [-0.2, 0) is 20.8 Å². The van der Waals surface area contributed by atoms with Crippen molar-refractivity contribution in [3.63, 3.8) is 0 Å². The smallest absolute Gasteiger partial charge is 0.252 e. The summed E-state index contributed by atoms with van der Waals surface area (Å²) in [6.07, 6.45) is 3.34. The van der Waals surface area contributed by atoms with Gasteiger partial charge in [-0.05, 0) is 25.5 Å². The molecule has 0 aliphatic carbocycles. The maximum Gasteiger partial charge on any atom is 0.252 e. The molecule has 100 valence electrons. The van der Waals surface area contributed by atoms with Gasteiger partial charge in [-0.25, -0.2) is 0 Å². The van der Waals surface area contributed by atoms with Crippen LogP contribution in [-0.4, -0.2) is 39.7 Å². The first-order valence-electron chi connectivity index (χ1n) is 5.95. The second-order valence-electron chi connectivity index (χ2n) is 4.95. The van der Waals surface area contributed by atoms with E-state index in [0.29, 0.717) is 0 Å². The van der Waals surface area contributed by atoms with Crippen LogP contribution in [0.25, 0.3) is 0 Å². The van der Waals surface area contributed by atoms with Crippen molar-refractivity contribution in [2.24, 2.45) is 0 Å². The number of nitrogens with zero attached hydrogens (tertiary/aromatic N) is 2. The first kappa shape index (κ1) is 13.2. The third-order valence-electron chi connectivity index (χ3n) is 3.16. The Bertz CT molecular complexity index is 525. The molecule has 0 radical (unpaired) electrons. The number of carbonyl (C=O) groups excluding carboxylic acids is 3. The van der Waals surface area contributed by atoms with Crippen LogP contribution in [0.2, 0.25) is 0 Å². The largest absolute Gasteiger partial charge is 0.319 e. The van der Waals surface area contributed by atoms with Gasteiger partial charge in [0.1, 0.15) is 12.1 Å². The van der Waals surface area contributed by atoms with Crippen molar-refractivity contribution in [1.29, 1.82) is 0 Å². The maximum absolute atomic E-state index is 12.2. The van der Waals surface area contributed by atoms with Gasteiger partial charge in [-0.1, -0.05) is 6.07 Å². The van der Waals surface area contributed by atoms with E-state index in [1.807, 2.05) is 0 Å². The van der Waals surface area contributed by atoms with Crippen LogP contribution in [0, 0.1) is 0 Å². The lowest BCUT2D eigenvalue weighted by Crippen LogP contribution is -2.65. The second kappa shape index (κ2) is 4.79.